The minimum atomic E-state index is -0.572. The number of halogens is 1. The van der Waals surface area contributed by atoms with Gasteiger partial charge >= 0.3 is 12.5 Å². The lowest BCUT2D eigenvalue weighted by molar-refractivity contribution is -1.42. The number of nitrogens with zero attached hydrogens (tertiary/aromatic N) is 3. The molecule has 2 heterocycles. The molecule has 2 saturated heterocycles. The number of quaternary nitrogens is 1. The molecular formula is C30H35FN4O3+2. The fraction of sp³-hybridized carbons (Fsp3) is 0.300. The van der Waals surface area contributed by atoms with Crippen LogP contribution in [-0.4, -0.2) is 58.2 Å². The summed E-state index contributed by atoms with van der Waals surface area (Å²) in [4.78, 5) is 33.5. The Bertz CT molecular complexity index is 1320. The average Bonchev–Trinajstić information content (AvgIpc) is 3.45. The third-order valence-electron chi connectivity index (χ3n) is 6.66. The summed E-state index contributed by atoms with van der Waals surface area (Å²) >= 11 is 0. The van der Waals surface area contributed by atoms with E-state index in [-0.39, 0.29) is 18.3 Å². The van der Waals surface area contributed by atoms with Crippen molar-refractivity contribution in [3.8, 4) is 0 Å². The van der Waals surface area contributed by atoms with Crippen LogP contribution in [0.15, 0.2) is 90.6 Å². The Morgan fingerprint density at radius 1 is 1.24 bits per heavy atom. The van der Waals surface area contributed by atoms with Crippen LogP contribution in [0.4, 0.5) is 4.39 Å². The Balaban J connectivity index is 1.71. The maximum absolute atomic E-state index is 14.3. The second-order valence-corrected chi connectivity index (χ2v) is 9.76. The molecule has 198 valence electrons. The molecule has 0 aliphatic carbocycles. The van der Waals surface area contributed by atoms with Crippen molar-refractivity contribution in [1.82, 2.24) is 10.3 Å². The van der Waals surface area contributed by atoms with Crippen molar-refractivity contribution in [3.05, 3.63) is 107 Å². The number of benzene rings is 2. The van der Waals surface area contributed by atoms with Crippen LogP contribution in [0.25, 0.3) is 0 Å². The van der Waals surface area contributed by atoms with Crippen molar-refractivity contribution < 1.29 is 28.4 Å². The van der Waals surface area contributed by atoms with Crippen LogP contribution in [0.2, 0.25) is 0 Å². The summed E-state index contributed by atoms with van der Waals surface area (Å²) in [6, 6.07) is 15.8. The van der Waals surface area contributed by atoms with Gasteiger partial charge in [-0.15, -0.1) is 5.43 Å². The molecule has 1 N–H and O–H groups in total. The Morgan fingerprint density at radius 3 is 2.63 bits per heavy atom. The van der Waals surface area contributed by atoms with Crippen molar-refractivity contribution >= 4 is 17.6 Å². The van der Waals surface area contributed by atoms with Gasteiger partial charge in [-0.25, -0.2) is 9.18 Å². The van der Waals surface area contributed by atoms with Gasteiger partial charge < -0.3 is 0 Å². The highest BCUT2D eigenvalue weighted by atomic mass is 19.1. The van der Waals surface area contributed by atoms with E-state index in [1.165, 1.54) is 6.07 Å². The third kappa shape index (κ3) is 5.98. The monoisotopic (exact) mass is 518 g/mol. The molecule has 2 aliphatic heterocycles. The SMILES string of the molecule is C=C(C)/C=C(\C=C/C)C(/c1ccccc1)=[N+]1/CC(=O)O[N@+]1(C)NC(=O)[C@@H]1CCCN1Cc1ccccc1F. The third-order valence-corrected chi connectivity index (χ3v) is 6.66. The molecule has 8 heteroatoms. The largest absolute Gasteiger partial charge is 0.448 e. The number of hydrogen-bond donors (Lipinski definition) is 1. The molecule has 2 aliphatic rings. The zero-order chi connectivity index (χ0) is 27.3. The van der Waals surface area contributed by atoms with E-state index < -0.39 is 16.9 Å². The lowest BCUT2D eigenvalue weighted by Crippen LogP contribution is -2.63. The van der Waals surface area contributed by atoms with Crippen LogP contribution in [0, 0.1) is 5.82 Å². The van der Waals surface area contributed by atoms with Gasteiger partial charge in [0.15, 0.2) is 11.9 Å². The number of amides is 1. The number of hydrogen-bond acceptors (Lipinski definition) is 4. The molecule has 2 aromatic carbocycles. The summed E-state index contributed by atoms with van der Waals surface area (Å²) in [6.07, 6.45) is 7.23. The van der Waals surface area contributed by atoms with E-state index in [0.29, 0.717) is 25.1 Å². The summed E-state index contributed by atoms with van der Waals surface area (Å²) < 4.78 is 16.1. The van der Waals surface area contributed by atoms with Gasteiger partial charge in [0.1, 0.15) is 5.82 Å². The molecule has 38 heavy (non-hydrogen) atoms. The van der Waals surface area contributed by atoms with Crippen molar-refractivity contribution in [2.45, 2.75) is 39.3 Å². The highest BCUT2D eigenvalue weighted by Crippen LogP contribution is 2.24. The van der Waals surface area contributed by atoms with Gasteiger partial charge in [-0.3, -0.25) is 9.69 Å². The quantitative estimate of drug-likeness (QED) is 0.323. The minimum absolute atomic E-state index is 0.0598. The van der Waals surface area contributed by atoms with Crippen molar-refractivity contribution in [2.24, 2.45) is 0 Å². The minimum Gasteiger partial charge on any atom is -0.287 e. The van der Waals surface area contributed by atoms with Crippen molar-refractivity contribution in [1.29, 1.82) is 0 Å². The number of nitrogens with one attached hydrogen (secondary N) is 1. The Labute approximate surface area is 223 Å². The number of carbonyl (C=O) groups excluding carboxylic acids is 2. The first-order valence-corrected chi connectivity index (χ1v) is 12.8. The molecule has 2 atom stereocenters. The molecular weight excluding hydrogens is 483 g/mol. The van der Waals surface area contributed by atoms with Crippen LogP contribution < -0.4 is 5.43 Å². The van der Waals surface area contributed by atoms with E-state index in [9.17, 15) is 14.0 Å². The Hall–Kier alpha value is -3.88. The molecule has 0 spiro atoms. The zero-order valence-electron chi connectivity index (χ0n) is 22.2. The number of allylic oxidation sites excluding steroid dienone is 5. The summed E-state index contributed by atoms with van der Waals surface area (Å²) in [7, 11) is 1.63. The van der Waals surface area contributed by atoms with Gasteiger partial charge in [-0.2, -0.15) is 4.84 Å². The average molecular weight is 519 g/mol. The number of likely N-dealkylation sites (tertiary alicyclic amines) is 1. The van der Waals surface area contributed by atoms with E-state index in [1.54, 1.807) is 29.9 Å². The topological polar surface area (TPSA) is 61.6 Å². The molecule has 2 aromatic rings. The summed E-state index contributed by atoms with van der Waals surface area (Å²) in [5, 5.41) is 0. The predicted molar refractivity (Wildman–Crippen MR) is 144 cm³/mol. The first-order chi connectivity index (χ1) is 18.2. The van der Waals surface area contributed by atoms with Gasteiger partial charge in [0.05, 0.1) is 17.2 Å². The summed E-state index contributed by atoms with van der Waals surface area (Å²) in [6.45, 7) is 8.79. The molecule has 0 unspecified atom stereocenters. The molecule has 1 amide bonds. The van der Waals surface area contributed by atoms with Crippen LogP contribution in [0.5, 0.6) is 0 Å². The van der Waals surface area contributed by atoms with Crippen LogP contribution in [0.3, 0.4) is 0 Å². The van der Waals surface area contributed by atoms with E-state index in [1.807, 2.05) is 67.3 Å². The molecule has 4 rings (SSSR count). The predicted octanol–water partition coefficient (Wildman–Crippen LogP) is 4.24. The number of carbonyl (C=O) groups is 2. The van der Waals surface area contributed by atoms with E-state index >= 15 is 0 Å². The fourth-order valence-electron chi connectivity index (χ4n) is 5.02. The summed E-state index contributed by atoms with van der Waals surface area (Å²) in [5.41, 5.74) is 6.74. The van der Waals surface area contributed by atoms with Crippen LogP contribution in [-0.2, 0) is 21.0 Å². The second-order valence-electron chi connectivity index (χ2n) is 9.76. The van der Waals surface area contributed by atoms with Gasteiger partial charge in [-0.1, -0.05) is 60.7 Å². The molecule has 0 aromatic heterocycles. The first-order valence-electron chi connectivity index (χ1n) is 12.8. The second kappa shape index (κ2) is 11.7. The molecule has 0 radical (unpaired) electrons. The Kier molecular flexibility index (Phi) is 8.34. The normalized spacial score (nSPS) is 23.5. The molecule has 7 nitrogen and oxygen atoms in total. The molecule has 0 bridgehead atoms. The van der Waals surface area contributed by atoms with Gasteiger partial charge in [-0.05, 0) is 57.5 Å². The van der Waals surface area contributed by atoms with Gasteiger partial charge in [0.25, 0.3) is 11.6 Å². The van der Waals surface area contributed by atoms with Crippen LogP contribution >= 0.6 is 0 Å². The highest BCUT2D eigenvalue weighted by molar-refractivity contribution is 6.11. The number of hydroxylamine groups is 1. The van der Waals surface area contributed by atoms with Gasteiger partial charge in [0, 0.05) is 16.8 Å². The smallest absolute Gasteiger partial charge is 0.287 e. The fourth-order valence-corrected chi connectivity index (χ4v) is 5.02. The Morgan fingerprint density at radius 2 is 1.95 bits per heavy atom. The lowest BCUT2D eigenvalue weighted by atomic mass is 9.99. The van der Waals surface area contributed by atoms with E-state index in [2.05, 4.69) is 12.0 Å². The van der Waals surface area contributed by atoms with Crippen molar-refractivity contribution in [2.75, 3.05) is 20.1 Å². The first kappa shape index (κ1) is 27.2. The zero-order valence-corrected chi connectivity index (χ0v) is 22.2. The molecule has 0 saturated carbocycles. The van der Waals surface area contributed by atoms with Gasteiger partial charge in [0.2, 0.25) is 0 Å². The summed E-state index contributed by atoms with van der Waals surface area (Å²) in [5.74, 6) is -1.05. The maximum Gasteiger partial charge on any atom is 0.448 e. The molecule has 2 fully saturated rings. The van der Waals surface area contributed by atoms with E-state index in [4.69, 9.17) is 4.84 Å². The lowest BCUT2D eigenvalue weighted by Gasteiger charge is -2.26. The van der Waals surface area contributed by atoms with E-state index in [0.717, 1.165) is 28.8 Å². The standard InChI is InChI=1S/C30H34FN4O3/c1-5-12-24(19-22(2)3)29(23-13-7-6-8-14-23)34-21-28(36)38-35(34,4)32-30(37)27-17-11-18-33(27)20-25-15-9-10-16-26(25)31/h5-10,12-16,19,27H,2,11,17-18,20-21H2,1,3-4H3/q+1/p+1/b12-5-,24-19+,34-29-/t27-,35+/m0/s1. The van der Waals surface area contributed by atoms with Crippen LogP contribution in [0.1, 0.15) is 37.8 Å². The maximum atomic E-state index is 14.3. The van der Waals surface area contributed by atoms with Crippen molar-refractivity contribution in [3.63, 3.8) is 0 Å². The number of rotatable bonds is 8. The highest BCUT2D eigenvalue weighted by Gasteiger charge is 2.55.